The molecule has 1 N–H and O–H groups in total. The van der Waals surface area contributed by atoms with Crippen molar-refractivity contribution in [2.45, 2.75) is 0 Å². The first-order chi connectivity index (χ1) is 10.7. The van der Waals surface area contributed by atoms with Gasteiger partial charge in [-0.15, -0.1) is 0 Å². The molecule has 0 spiro atoms. The van der Waals surface area contributed by atoms with Crippen molar-refractivity contribution in [2.75, 3.05) is 13.2 Å². The molecule has 0 aliphatic carbocycles. The Kier molecular flexibility index (Phi) is 6.31. The van der Waals surface area contributed by atoms with Crippen molar-refractivity contribution < 1.29 is 9.53 Å². The van der Waals surface area contributed by atoms with Gasteiger partial charge in [-0.3, -0.25) is 4.79 Å². The predicted octanol–water partition coefficient (Wildman–Crippen LogP) is 4.20. The van der Waals surface area contributed by atoms with Crippen LogP contribution in [0.4, 0.5) is 0 Å². The third kappa shape index (κ3) is 5.10. The maximum atomic E-state index is 11.7. The van der Waals surface area contributed by atoms with E-state index in [-0.39, 0.29) is 5.91 Å². The summed E-state index contributed by atoms with van der Waals surface area (Å²) in [6.07, 6.45) is 3.11. The van der Waals surface area contributed by atoms with Crippen LogP contribution in [0, 0.1) is 0 Å². The minimum atomic E-state index is -0.206. The number of para-hydroxylation sites is 1. The molecule has 2 rings (SSSR count). The predicted molar refractivity (Wildman–Crippen MR) is 90.4 cm³/mol. The van der Waals surface area contributed by atoms with Crippen LogP contribution in [0.3, 0.4) is 0 Å². The molecule has 1 amide bonds. The molecule has 2 aromatic rings. The second-order valence-electron chi connectivity index (χ2n) is 4.42. The summed E-state index contributed by atoms with van der Waals surface area (Å²) in [5.41, 5.74) is 0.798. The zero-order valence-corrected chi connectivity index (χ0v) is 13.3. The molecule has 0 aliphatic heterocycles. The van der Waals surface area contributed by atoms with Gasteiger partial charge >= 0.3 is 0 Å². The highest BCUT2D eigenvalue weighted by molar-refractivity contribution is 6.32. The first-order valence-corrected chi connectivity index (χ1v) is 7.50. The number of halogens is 2. The van der Waals surface area contributed by atoms with Gasteiger partial charge < -0.3 is 10.1 Å². The molecule has 2 aromatic carbocycles. The van der Waals surface area contributed by atoms with Crippen LogP contribution in [0.5, 0.6) is 5.75 Å². The van der Waals surface area contributed by atoms with E-state index in [1.54, 1.807) is 24.3 Å². The van der Waals surface area contributed by atoms with E-state index in [1.165, 1.54) is 6.08 Å². The number of benzene rings is 2. The normalized spacial score (nSPS) is 10.6. The quantitative estimate of drug-likeness (QED) is 0.634. The van der Waals surface area contributed by atoms with Gasteiger partial charge in [-0.25, -0.2) is 0 Å². The summed E-state index contributed by atoms with van der Waals surface area (Å²) < 4.78 is 5.48. The number of nitrogens with one attached hydrogen (secondary N) is 1. The summed E-state index contributed by atoms with van der Waals surface area (Å²) >= 11 is 12.0. The first kappa shape index (κ1) is 16.4. The van der Waals surface area contributed by atoms with Gasteiger partial charge in [-0.1, -0.05) is 53.5 Å². The summed E-state index contributed by atoms with van der Waals surface area (Å²) in [6.45, 7) is 0.728. The van der Waals surface area contributed by atoms with Crippen molar-refractivity contribution in [1.82, 2.24) is 5.32 Å². The van der Waals surface area contributed by atoms with E-state index in [2.05, 4.69) is 5.32 Å². The van der Waals surface area contributed by atoms with Crippen molar-refractivity contribution in [2.24, 2.45) is 0 Å². The Balaban J connectivity index is 1.74. The minimum absolute atomic E-state index is 0.206. The van der Waals surface area contributed by atoms with E-state index < -0.39 is 0 Å². The van der Waals surface area contributed by atoms with Gasteiger partial charge in [0.1, 0.15) is 12.4 Å². The molecule has 0 aromatic heterocycles. The smallest absolute Gasteiger partial charge is 0.244 e. The fourth-order valence-corrected chi connectivity index (χ4v) is 2.12. The average Bonchev–Trinajstić information content (AvgIpc) is 2.52. The van der Waals surface area contributed by atoms with E-state index in [9.17, 15) is 4.79 Å². The molecule has 0 fully saturated rings. The molecule has 0 heterocycles. The van der Waals surface area contributed by atoms with Gasteiger partial charge in [0.2, 0.25) is 5.91 Å². The first-order valence-electron chi connectivity index (χ1n) is 6.74. The molecule has 0 bridgehead atoms. The van der Waals surface area contributed by atoms with Crippen molar-refractivity contribution in [3.63, 3.8) is 0 Å². The highest BCUT2D eigenvalue weighted by atomic mass is 35.5. The van der Waals surface area contributed by atoms with Crippen molar-refractivity contribution >= 4 is 35.2 Å². The summed E-state index contributed by atoms with van der Waals surface area (Å²) in [5.74, 6) is 0.396. The van der Waals surface area contributed by atoms with E-state index in [0.717, 1.165) is 5.56 Å². The Morgan fingerprint density at radius 1 is 1.05 bits per heavy atom. The second kappa shape index (κ2) is 8.47. The van der Waals surface area contributed by atoms with Gasteiger partial charge in [-0.05, 0) is 29.8 Å². The van der Waals surface area contributed by atoms with Gasteiger partial charge in [0.25, 0.3) is 0 Å². The number of carbonyl (C=O) groups excluding carboxylic acids is 1. The van der Waals surface area contributed by atoms with Gasteiger partial charge in [-0.2, -0.15) is 0 Å². The van der Waals surface area contributed by atoms with Crippen LogP contribution in [-0.2, 0) is 4.79 Å². The molecule has 0 radical (unpaired) electrons. The van der Waals surface area contributed by atoms with Crippen molar-refractivity contribution in [1.29, 1.82) is 0 Å². The van der Waals surface area contributed by atoms with Gasteiger partial charge in [0.05, 0.1) is 11.6 Å². The number of amides is 1. The molecule has 22 heavy (non-hydrogen) atoms. The summed E-state index contributed by atoms with van der Waals surface area (Å²) in [4.78, 5) is 11.7. The Morgan fingerprint density at radius 3 is 2.45 bits per heavy atom. The lowest BCUT2D eigenvalue weighted by molar-refractivity contribution is -0.116. The van der Waals surface area contributed by atoms with E-state index >= 15 is 0 Å². The Bertz CT molecular complexity index is 671. The number of ether oxygens (including phenoxy) is 1. The zero-order chi connectivity index (χ0) is 15.8. The summed E-state index contributed by atoms with van der Waals surface area (Å²) in [7, 11) is 0. The van der Waals surface area contributed by atoms with E-state index in [4.69, 9.17) is 27.9 Å². The van der Waals surface area contributed by atoms with Crippen LogP contribution in [0.1, 0.15) is 5.56 Å². The number of hydrogen-bond acceptors (Lipinski definition) is 2. The lowest BCUT2D eigenvalue weighted by Crippen LogP contribution is -2.26. The van der Waals surface area contributed by atoms with Gasteiger partial charge in [0, 0.05) is 11.1 Å². The maximum Gasteiger partial charge on any atom is 0.244 e. The molecule has 0 saturated carbocycles. The third-order valence-electron chi connectivity index (χ3n) is 2.81. The monoisotopic (exact) mass is 335 g/mol. The van der Waals surface area contributed by atoms with Gasteiger partial charge in [0.15, 0.2) is 0 Å². The fourth-order valence-electron chi connectivity index (χ4n) is 1.73. The molecular weight excluding hydrogens is 321 g/mol. The molecule has 0 aliphatic rings. The molecule has 114 valence electrons. The number of hydrogen-bond donors (Lipinski definition) is 1. The van der Waals surface area contributed by atoms with Crippen LogP contribution in [0.2, 0.25) is 10.0 Å². The second-order valence-corrected chi connectivity index (χ2v) is 5.24. The highest BCUT2D eigenvalue weighted by Crippen LogP contribution is 2.22. The van der Waals surface area contributed by atoms with Crippen molar-refractivity contribution in [3.05, 3.63) is 70.2 Å². The maximum absolute atomic E-state index is 11.7. The molecule has 0 unspecified atom stereocenters. The molecule has 3 nitrogen and oxygen atoms in total. The topological polar surface area (TPSA) is 38.3 Å². The molecule has 0 saturated heterocycles. The van der Waals surface area contributed by atoms with Crippen molar-refractivity contribution in [3.8, 4) is 5.75 Å². The zero-order valence-electron chi connectivity index (χ0n) is 11.8. The lowest BCUT2D eigenvalue weighted by atomic mass is 10.2. The number of rotatable bonds is 6. The fraction of sp³-hybridized carbons (Fsp3) is 0.118. The SMILES string of the molecule is O=C(/C=C/c1ccccc1Cl)NCCOc1ccccc1Cl. The minimum Gasteiger partial charge on any atom is -0.490 e. The summed E-state index contributed by atoms with van der Waals surface area (Å²) in [6, 6.07) is 14.5. The average molecular weight is 336 g/mol. The Labute approximate surface area is 139 Å². The van der Waals surface area contributed by atoms with Crippen LogP contribution < -0.4 is 10.1 Å². The largest absolute Gasteiger partial charge is 0.490 e. The Hall–Kier alpha value is -1.97. The molecule has 0 atom stereocenters. The Morgan fingerprint density at radius 2 is 1.73 bits per heavy atom. The molecule has 5 heteroatoms. The van der Waals surface area contributed by atoms with E-state index in [0.29, 0.717) is 28.9 Å². The highest BCUT2D eigenvalue weighted by Gasteiger charge is 2.00. The lowest BCUT2D eigenvalue weighted by Gasteiger charge is -2.07. The van der Waals surface area contributed by atoms with E-state index in [1.807, 2.05) is 30.3 Å². The standard InChI is InChI=1S/C17H15Cl2NO2/c18-14-6-2-1-5-13(14)9-10-17(21)20-11-12-22-16-8-4-3-7-15(16)19/h1-10H,11-12H2,(H,20,21)/b10-9+. The summed E-state index contributed by atoms with van der Waals surface area (Å²) in [5, 5.41) is 3.88. The van der Waals surface area contributed by atoms with Crippen LogP contribution in [0.25, 0.3) is 6.08 Å². The van der Waals surface area contributed by atoms with Crippen LogP contribution in [0.15, 0.2) is 54.6 Å². The number of carbonyl (C=O) groups is 1. The van der Waals surface area contributed by atoms with Crippen LogP contribution >= 0.6 is 23.2 Å². The molecular formula is C17H15Cl2NO2. The third-order valence-corrected chi connectivity index (χ3v) is 3.47. The van der Waals surface area contributed by atoms with Crippen LogP contribution in [-0.4, -0.2) is 19.1 Å².